The van der Waals surface area contributed by atoms with Crippen LogP contribution in [0.15, 0.2) is 68.9 Å². The molecular weight excluding hydrogens is 475 g/mol. The largest absolute Gasteiger partial charge is 0.435 e. The third-order valence-electron chi connectivity index (χ3n) is 3.95. The molecule has 3 aromatic rings. The van der Waals surface area contributed by atoms with Crippen LogP contribution in [0.3, 0.4) is 0 Å². The number of nitrogens with zero attached hydrogens (tertiary/aromatic N) is 2. The van der Waals surface area contributed by atoms with Crippen molar-refractivity contribution in [1.29, 1.82) is 0 Å². The Morgan fingerprint density at radius 2 is 1.72 bits per heavy atom. The predicted octanol–water partition coefficient (Wildman–Crippen LogP) is 4.29. The number of benzene rings is 2. The van der Waals surface area contributed by atoms with Gasteiger partial charge in [0.1, 0.15) is 5.69 Å². The molecule has 1 amide bonds. The van der Waals surface area contributed by atoms with E-state index in [0.29, 0.717) is 10.5 Å². The first kappa shape index (κ1) is 21.1. The summed E-state index contributed by atoms with van der Waals surface area (Å²) in [7, 11) is -2.57. The molecule has 6 nitrogen and oxygen atoms in total. The Hall–Kier alpha value is -2.66. The fraction of sp³-hybridized carbons (Fsp3) is 0.111. The predicted molar refractivity (Wildman–Crippen MR) is 102 cm³/mol. The number of halogens is 4. The van der Waals surface area contributed by atoms with Crippen LogP contribution in [-0.2, 0) is 23.1 Å². The van der Waals surface area contributed by atoms with Gasteiger partial charge in [0.2, 0.25) is 9.84 Å². The number of amides is 1. The van der Waals surface area contributed by atoms with E-state index in [0.717, 1.165) is 4.68 Å². The molecule has 0 unspecified atom stereocenters. The third kappa shape index (κ3) is 4.35. The first-order chi connectivity index (χ1) is 13.5. The molecule has 2 aromatic carbocycles. The average Bonchev–Trinajstić information content (AvgIpc) is 3.05. The number of rotatable bonds is 4. The summed E-state index contributed by atoms with van der Waals surface area (Å²) in [6.45, 7) is 0. The molecule has 0 saturated carbocycles. The zero-order chi connectivity index (χ0) is 21.4. The van der Waals surface area contributed by atoms with E-state index < -0.39 is 27.6 Å². The van der Waals surface area contributed by atoms with Crippen molar-refractivity contribution in [3.63, 3.8) is 0 Å². The Kier molecular flexibility index (Phi) is 5.54. The minimum atomic E-state index is -4.67. The fourth-order valence-electron chi connectivity index (χ4n) is 2.52. The molecule has 3 rings (SSSR count). The van der Waals surface area contributed by atoms with Crippen LogP contribution < -0.4 is 5.32 Å². The maximum atomic E-state index is 12.7. The molecule has 1 heterocycles. The highest BCUT2D eigenvalue weighted by atomic mass is 79.9. The van der Waals surface area contributed by atoms with Gasteiger partial charge in [-0.3, -0.25) is 9.48 Å². The summed E-state index contributed by atoms with van der Waals surface area (Å²) in [6, 6.07) is 12.3. The maximum absolute atomic E-state index is 12.7. The summed E-state index contributed by atoms with van der Waals surface area (Å²) in [5.41, 5.74) is -1.25. The van der Waals surface area contributed by atoms with Gasteiger partial charge in [0, 0.05) is 23.3 Å². The van der Waals surface area contributed by atoms with Crippen LogP contribution in [0.5, 0.6) is 0 Å². The Morgan fingerprint density at radius 3 is 2.28 bits per heavy atom. The lowest BCUT2D eigenvalue weighted by atomic mass is 10.3. The quantitative estimate of drug-likeness (QED) is 0.595. The molecule has 0 spiro atoms. The number of carbonyl (C=O) groups excluding carboxylic acids is 1. The molecule has 0 fully saturated rings. The topological polar surface area (TPSA) is 81.1 Å². The number of carbonyl (C=O) groups is 1. The molecular formula is C18H13BrF3N3O3S. The van der Waals surface area contributed by atoms with Gasteiger partial charge in [0.15, 0.2) is 5.69 Å². The third-order valence-corrected chi connectivity index (χ3v) is 6.73. The van der Waals surface area contributed by atoms with Gasteiger partial charge in [-0.15, -0.1) is 0 Å². The molecule has 0 aliphatic heterocycles. The van der Waals surface area contributed by atoms with Gasteiger partial charge in [-0.2, -0.15) is 18.3 Å². The number of nitrogens with one attached hydrogen (secondary N) is 1. The molecule has 11 heteroatoms. The van der Waals surface area contributed by atoms with Gasteiger partial charge in [0.05, 0.1) is 9.79 Å². The fourth-order valence-corrected chi connectivity index (χ4v) is 4.78. The van der Waals surface area contributed by atoms with E-state index in [1.54, 1.807) is 18.2 Å². The molecule has 1 N–H and O–H groups in total. The van der Waals surface area contributed by atoms with Crippen molar-refractivity contribution in [3.05, 3.63) is 70.5 Å². The van der Waals surface area contributed by atoms with E-state index in [9.17, 15) is 26.4 Å². The van der Waals surface area contributed by atoms with Crippen LogP contribution in [0.25, 0.3) is 0 Å². The number of hydrogen-bond donors (Lipinski definition) is 1. The minimum absolute atomic E-state index is 0.00212. The summed E-state index contributed by atoms with van der Waals surface area (Å²) in [5, 5.41) is 5.70. The number of anilines is 1. The molecule has 0 bridgehead atoms. The summed E-state index contributed by atoms with van der Waals surface area (Å²) < 4.78 is 64.9. The Balaban J connectivity index is 1.82. The van der Waals surface area contributed by atoms with Gasteiger partial charge in [-0.25, -0.2) is 8.42 Å². The van der Waals surface area contributed by atoms with Crippen LogP contribution in [0.4, 0.5) is 18.9 Å². The molecule has 152 valence electrons. The molecule has 0 radical (unpaired) electrons. The van der Waals surface area contributed by atoms with Crippen molar-refractivity contribution >= 4 is 37.4 Å². The summed E-state index contributed by atoms with van der Waals surface area (Å²) >= 11 is 3.20. The van der Waals surface area contributed by atoms with Crippen LogP contribution >= 0.6 is 15.9 Å². The zero-order valence-corrected chi connectivity index (χ0v) is 17.1. The second kappa shape index (κ2) is 7.64. The first-order valence-electron chi connectivity index (χ1n) is 8.02. The van der Waals surface area contributed by atoms with Gasteiger partial charge in [-0.05, 0) is 52.3 Å². The van der Waals surface area contributed by atoms with Gasteiger partial charge < -0.3 is 5.32 Å². The van der Waals surface area contributed by atoms with Gasteiger partial charge in [-0.1, -0.05) is 12.1 Å². The SMILES string of the molecule is Cn1nc(C(F)(F)F)cc1C(=O)Nc1ccc(S(=O)(=O)c2ccccc2Br)cc1. The average molecular weight is 488 g/mol. The first-order valence-corrected chi connectivity index (χ1v) is 10.3. The zero-order valence-electron chi connectivity index (χ0n) is 14.7. The second-order valence-electron chi connectivity index (χ2n) is 5.95. The summed E-state index contributed by atoms with van der Waals surface area (Å²) in [5.74, 6) is -0.808. The number of aryl methyl sites for hydroxylation is 1. The maximum Gasteiger partial charge on any atom is 0.435 e. The van der Waals surface area contributed by atoms with Crippen molar-refractivity contribution in [2.24, 2.45) is 7.05 Å². The monoisotopic (exact) mass is 487 g/mol. The van der Waals surface area contributed by atoms with E-state index >= 15 is 0 Å². The summed E-state index contributed by atoms with van der Waals surface area (Å²) in [6.07, 6.45) is -4.67. The van der Waals surface area contributed by atoms with Crippen molar-refractivity contribution in [2.45, 2.75) is 16.0 Å². The van der Waals surface area contributed by atoms with Crippen molar-refractivity contribution in [2.75, 3.05) is 5.32 Å². The van der Waals surface area contributed by atoms with E-state index in [4.69, 9.17) is 0 Å². The van der Waals surface area contributed by atoms with E-state index in [1.165, 1.54) is 37.4 Å². The highest BCUT2D eigenvalue weighted by Gasteiger charge is 2.35. The van der Waals surface area contributed by atoms with E-state index in [1.807, 2.05) is 0 Å². The highest BCUT2D eigenvalue weighted by molar-refractivity contribution is 9.10. The van der Waals surface area contributed by atoms with E-state index in [-0.39, 0.29) is 21.2 Å². The van der Waals surface area contributed by atoms with E-state index in [2.05, 4.69) is 26.3 Å². The molecule has 0 aliphatic rings. The second-order valence-corrected chi connectivity index (χ2v) is 8.72. The minimum Gasteiger partial charge on any atom is -0.321 e. The lowest BCUT2D eigenvalue weighted by Crippen LogP contribution is -2.16. The molecule has 29 heavy (non-hydrogen) atoms. The Bertz CT molecular complexity index is 1170. The van der Waals surface area contributed by atoms with Crippen molar-refractivity contribution in [3.8, 4) is 0 Å². The standard InChI is InChI=1S/C18H13BrF3N3O3S/c1-25-14(10-16(24-25)18(20,21)22)17(26)23-11-6-8-12(9-7-11)29(27,28)15-5-3-2-4-13(15)19/h2-10H,1H3,(H,23,26). The Morgan fingerprint density at radius 1 is 1.10 bits per heavy atom. The number of hydrogen-bond acceptors (Lipinski definition) is 4. The van der Waals surface area contributed by atoms with Gasteiger partial charge >= 0.3 is 6.18 Å². The number of alkyl halides is 3. The van der Waals surface area contributed by atoms with Crippen LogP contribution in [0.2, 0.25) is 0 Å². The summed E-state index contributed by atoms with van der Waals surface area (Å²) in [4.78, 5) is 12.4. The normalized spacial score (nSPS) is 12.0. The van der Waals surface area contributed by atoms with Crippen LogP contribution in [0, 0.1) is 0 Å². The van der Waals surface area contributed by atoms with Crippen LogP contribution in [0.1, 0.15) is 16.2 Å². The van der Waals surface area contributed by atoms with Gasteiger partial charge in [0.25, 0.3) is 5.91 Å². The van der Waals surface area contributed by atoms with Crippen molar-refractivity contribution in [1.82, 2.24) is 9.78 Å². The molecule has 0 aliphatic carbocycles. The Labute approximate surface area is 172 Å². The molecule has 0 atom stereocenters. The number of aromatic nitrogens is 2. The molecule has 1 aromatic heterocycles. The lowest BCUT2D eigenvalue weighted by molar-refractivity contribution is -0.141. The lowest BCUT2D eigenvalue weighted by Gasteiger charge is -2.09. The smallest absolute Gasteiger partial charge is 0.321 e. The van der Waals surface area contributed by atoms with Crippen LogP contribution in [-0.4, -0.2) is 24.1 Å². The highest BCUT2D eigenvalue weighted by Crippen LogP contribution is 2.30. The number of sulfone groups is 1. The molecule has 0 saturated heterocycles. The van der Waals surface area contributed by atoms with Crippen molar-refractivity contribution < 1.29 is 26.4 Å².